The highest BCUT2D eigenvalue weighted by molar-refractivity contribution is 9.09. The zero-order valence-corrected chi connectivity index (χ0v) is 11.5. The van der Waals surface area contributed by atoms with Crippen molar-refractivity contribution in [2.24, 2.45) is 0 Å². The summed E-state index contributed by atoms with van der Waals surface area (Å²) in [5, 5.41) is 0.0335. The zero-order valence-electron chi connectivity index (χ0n) is 9.90. The minimum atomic E-state index is -0.550. The lowest BCUT2D eigenvalue weighted by molar-refractivity contribution is -0.153. The molecule has 7 heteroatoms. The lowest BCUT2D eigenvalue weighted by Crippen LogP contribution is -2.41. The van der Waals surface area contributed by atoms with Gasteiger partial charge in [-0.1, -0.05) is 15.9 Å². The Balaban J connectivity index is 4.38. The molecule has 0 unspecified atom stereocenters. The van der Waals surface area contributed by atoms with Crippen LogP contribution in [0.3, 0.4) is 0 Å². The second-order valence-corrected chi connectivity index (χ2v) is 3.55. The maximum atomic E-state index is 11.5. The highest BCUT2D eigenvalue weighted by Crippen LogP contribution is 1.97. The normalized spacial score (nSPS) is 9.59. The van der Waals surface area contributed by atoms with Crippen LogP contribution in [0, 0.1) is 0 Å². The molecular weight excluding hydrogens is 294 g/mol. The van der Waals surface area contributed by atoms with Crippen LogP contribution in [0.15, 0.2) is 0 Å². The zero-order chi connectivity index (χ0) is 13.3. The number of hydrogen-bond donors (Lipinski definition) is 0. The van der Waals surface area contributed by atoms with Gasteiger partial charge in [-0.25, -0.2) is 0 Å². The number of rotatable bonds is 7. The smallest absolute Gasteiger partial charge is 0.325 e. The summed E-state index contributed by atoms with van der Waals surface area (Å²) < 4.78 is 9.42. The van der Waals surface area contributed by atoms with E-state index in [1.807, 2.05) is 0 Å². The van der Waals surface area contributed by atoms with Crippen LogP contribution in [-0.4, -0.2) is 54.4 Å². The Morgan fingerprint density at radius 1 is 1.00 bits per heavy atom. The number of amides is 1. The Hall–Kier alpha value is -1.11. The molecule has 0 saturated carbocycles. The van der Waals surface area contributed by atoms with E-state index < -0.39 is 11.9 Å². The average molecular weight is 310 g/mol. The van der Waals surface area contributed by atoms with Crippen LogP contribution < -0.4 is 0 Å². The molecule has 0 N–H and O–H groups in total. The van der Waals surface area contributed by atoms with E-state index >= 15 is 0 Å². The first-order chi connectivity index (χ1) is 8.04. The Morgan fingerprint density at radius 3 is 1.71 bits per heavy atom. The van der Waals surface area contributed by atoms with Gasteiger partial charge in [-0.3, -0.25) is 14.4 Å². The van der Waals surface area contributed by atoms with Crippen LogP contribution in [0.4, 0.5) is 0 Å². The molecule has 0 aromatic carbocycles. The number of ether oxygens (including phenoxy) is 2. The van der Waals surface area contributed by atoms with Gasteiger partial charge >= 0.3 is 11.9 Å². The quantitative estimate of drug-likeness (QED) is 0.501. The van der Waals surface area contributed by atoms with Crippen molar-refractivity contribution in [1.82, 2.24) is 4.90 Å². The van der Waals surface area contributed by atoms with Gasteiger partial charge in [0.1, 0.15) is 13.1 Å². The summed E-state index contributed by atoms with van der Waals surface area (Å²) in [7, 11) is 0. The first kappa shape index (κ1) is 15.9. The molecule has 0 aromatic rings. The predicted molar refractivity (Wildman–Crippen MR) is 63.6 cm³/mol. The van der Waals surface area contributed by atoms with Gasteiger partial charge in [-0.2, -0.15) is 0 Å². The Morgan fingerprint density at radius 2 is 1.41 bits per heavy atom. The monoisotopic (exact) mass is 309 g/mol. The first-order valence-corrected chi connectivity index (χ1v) is 6.32. The van der Waals surface area contributed by atoms with Gasteiger partial charge < -0.3 is 14.4 Å². The van der Waals surface area contributed by atoms with Crippen LogP contribution in [0.25, 0.3) is 0 Å². The van der Waals surface area contributed by atoms with Gasteiger partial charge in [-0.05, 0) is 13.8 Å². The molecule has 0 heterocycles. The molecule has 0 aliphatic carbocycles. The molecule has 0 fully saturated rings. The lowest BCUT2D eigenvalue weighted by Gasteiger charge is -2.19. The third kappa shape index (κ3) is 6.93. The molecule has 0 aromatic heterocycles. The van der Waals surface area contributed by atoms with E-state index in [0.717, 1.165) is 4.90 Å². The number of alkyl halides is 1. The molecule has 0 radical (unpaired) electrons. The van der Waals surface area contributed by atoms with E-state index in [-0.39, 0.29) is 37.5 Å². The number of halogens is 1. The summed E-state index contributed by atoms with van der Waals surface area (Å²) in [5.74, 6) is -1.47. The van der Waals surface area contributed by atoms with Crippen molar-refractivity contribution in [2.45, 2.75) is 13.8 Å². The molecular formula is C10H16BrNO5. The molecule has 0 saturated heterocycles. The standard InChI is InChI=1S/C10H16BrNO5/c1-3-16-9(14)6-12(8(13)5-11)7-10(15)17-4-2/h3-7H2,1-2H3. The van der Waals surface area contributed by atoms with Crippen molar-refractivity contribution in [3.05, 3.63) is 0 Å². The number of carbonyl (C=O) groups excluding carboxylic acids is 3. The molecule has 0 aliphatic rings. The van der Waals surface area contributed by atoms with E-state index in [1.165, 1.54) is 0 Å². The van der Waals surface area contributed by atoms with E-state index in [9.17, 15) is 14.4 Å². The Labute approximate surface area is 108 Å². The summed E-state index contributed by atoms with van der Waals surface area (Å²) in [6.07, 6.45) is 0. The largest absolute Gasteiger partial charge is 0.465 e. The fourth-order valence-electron chi connectivity index (χ4n) is 1.04. The van der Waals surface area contributed by atoms with Crippen molar-refractivity contribution in [3.8, 4) is 0 Å². The van der Waals surface area contributed by atoms with Gasteiger partial charge in [0, 0.05) is 0 Å². The Kier molecular flexibility index (Phi) is 8.39. The van der Waals surface area contributed by atoms with E-state index in [0.29, 0.717) is 0 Å². The summed E-state index contributed by atoms with van der Waals surface area (Å²) in [6.45, 7) is 3.29. The fraction of sp³-hybridized carbons (Fsp3) is 0.700. The summed E-state index contributed by atoms with van der Waals surface area (Å²) >= 11 is 2.98. The van der Waals surface area contributed by atoms with Gasteiger partial charge in [0.15, 0.2) is 0 Å². The minimum absolute atomic E-state index is 0.0335. The maximum absolute atomic E-state index is 11.5. The highest BCUT2D eigenvalue weighted by Gasteiger charge is 2.20. The second-order valence-electron chi connectivity index (χ2n) is 2.99. The van der Waals surface area contributed by atoms with Crippen LogP contribution in [0.2, 0.25) is 0 Å². The third-order valence-electron chi connectivity index (χ3n) is 1.72. The van der Waals surface area contributed by atoms with Crippen molar-refractivity contribution in [2.75, 3.05) is 31.6 Å². The fourth-order valence-corrected chi connectivity index (χ4v) is 1.40. The van der Waals surface area contributed by atoms with E-state index in [1.54, 1.807) is 13.8 Å². The van der Waals surface area contributed by atoms with E-state index in [4.69, 9.17) is 9.47 Å². The molecule has 0 atom stereocenters. The van der Waals surface area contributed by atoms with Gasteiger partial charge in [0.2, 0.25) is 5.91 Å². The minimum Gasteiger partial charge on any atom is -0.465 e. The van der Waals surface area contributed by atoms with Crippen molar-refractivity contribution in [1.29, 1.82) is 0 Å². The number of esters is 2. The van der Waals surface area contributed by atoms with Crippen molar-refractivity contribution in [3.63, 3.8) is 0 Å². The predicted octanol–water partition coefficient (Wildman–Crippen LogP) is 0.336. The lowest BCUT2D eigenvalue weighted by atomic mass is 10.4. The number of nitrogens with zero attached hydrogens (tertiary/aromatic N) is 1. The van der Waals surface area contributed by atoms with Gasteiger partial charge in [0.25, 0.3) is 0 Å². The molecule has 1 amide bonds. The first-order valence-electron chi connectivity index (χ1n) is 5.20. The molecule has 0 spiro atoms. The molecule has 17 heavy (non-hydrogen) atoms. The van der Waals surface area contributed by atoms with Crippen LogP contribution in [-0.2, 0) is 23.9 Å². The summed E-state index contributed by atoms with van der Waals surface area (Å²) in [4.78, 5) is 35.0. The number of hydrogen-bond acceptors (Lipinski definition) is 5. The van der Waals surface area contributed by atoms with Crippen molar-refractivity contribution < 1.29 is 23.9 Å². The third-order valence-corrected chi connectivity index (χ3v) is 2.20. The highest BCUT2D eigenvalue weighted by atomic mass is 79.9. The van der Waals surface area contributed by atoms with Crippen LogP contribution >= 0.6 is 15.9 Å². The van der Waals surface area contributed by atoms with Crippen molar-refractivity contribution >= 4 is 33.8 Å². The molecule has 0 rings (SSSR count). The molecule has 0 aliphatic heterocycles. The van der Waals surface area contributed by atoms with E-state index in [2.05, 4.69) is 15.9 Å². The maximum Gasteiger partial charge on any atom is 0.325 e. The Bertz CT molecular complexity index is 262. The second kappa shape index (κ2) is 8.98. The molecule has 6 nitrogen and oxygen atoms in total. The SMILES string of the molecule is CCOC(=O)CN(CC(=O)OCC)C(=O)CBr. The topological polar surface area (TPSA) is 72.9 Å². The van der Waals surface area contributed by atoms with Gasteiger partial charge in [0.05, 0.1) is 18.5 Å². The van der Waals surface area contributed by atoms with Gasteiger partial charge in [-0.15, -0.1) is 0 Å². The summed E-state index contributed by atoms with van der Waals surface area (Å²) in [6, 6.07) is 0. The number of carbonyl (C=O) groups is 3. The van der Waals surface area contributed by atoms with Crippen LogP contribution in [0.1, 0.15) is 13.8 Å². The average Bonchev–Trinajstić information content (AvgIpc) is 2.27. The van der Waals surface area contributed by atoms with Crippen LogP contribution in [0.5, 0.6) is 0 Å². The molecule has 98 valence electrons. The molecule has 0 bridgehead atoms. The summed E-state index contributed by atoms with van der Waals surface area (Å²) in [5.41, 5.74) is 0.